The zero-order valence-electron chi connectivity index (χ0n) is 10.8. The molecule has 1 fully saturated rings. The zero-order valence-corrected chi connectivity index (χ0v) is 11.6. The van der Waals surface area contributed by atoms with E-state index in [0.717, 1.165) is 43.9 Å². The lowest BCUT2D eigenvalue weighted by Crippen LogP contribution is -2.43. The van der Waals surface area contributed by atoms with Gasteiger partial charge < -0.3 is 15.0 Å². The fraction of sp³-hybridized carbons (Fsp3) is 0.500. The summed E-state index contributed by atoms with van der Waals surface area (Å²) in [6.07, 6.45) is 1.41. The van der Waals surface area contributed by atoms with Gasteiger partial charge in [-0.3, -0.25) is 4.79 Å². The number of nitrogens with one attached hydrogen (secondary N) is 1. The summed E-state index contributed by atoms with van der Waals surface area (Å²) in [4.78, 5) is 14.3. The lowest BCUT2D eigenvalue weighted by molar-refractivity contribution is -0.137. The summed E-state index contributed by atoms with van der Waals surface area (Å²) in [6, 6.07) is 7.91. The van der Waals surface area contributed by atoms with Crippen molar-refractivity contribution < 1.29 is 9.53 Å². The lowest BCUT2D eigenvalue weighted by atomic mass is 10.1. The Balaban J connectivity index is 0.00000133. The van der Waals surface area contributed by atoms with E-state index < -0.39 is 0 Å². The first-order valence-corrected chi connectivity index (χ1v) is 6.58. The van der Waals surface area contributed by atoms with Crippen LogP contribution in [0.1, 0.15) is 12.0 Å². The van der Waals surface area contributed by atoms with Crippen LogP contribution in [0.5, 0.6) is 5.75 Å². The van der Waals surface area contributed by atoms with Gasteiger partial charge in [-0.25, -0.2) is 0 Å². The molecule has 0 radical (unpaired) electrons. The summed E-state index contributed by atoms with van der Waals surface area (Å²) in [5.74, 6) is 0.999. The van der Waals surface area contributed by atoms with Crippen LogP contribution in [0.4, 0.5) is 0 Å². The van der Waals surface area contributed by atoms with Gasteiger partial charge in [0.25, 0.3) is 5.91 Å². The van der Waals surface area contributed by atoms with Crippen LogP contribution >= 0.6 is 12.4 Å². The normalized spacial score (nSPS) is 21.9. The molecule has 1 unspecified atom stereocenters. The molecule has 0 spiro atoms. The Morgan fingerprint density at radius 2 is 2.11 bits per heavy atom. The summed E-state index contributed by atoms with van der Waals surface area (Å²) in [7, 11) is 0. The van der Waals surface area contributed by atoms with Crippen molar-refractivity contribution in [2.45, 2.75) is 18.9 Å². The number of carbonyl (C=O) groups is 1. The molecule has 104 valence electrons. The number of para-hydroxylation sites is 1. The molecule has 1 N–H and O–H groups in total. The Bertz CT molecular complexity index is 420. The number of nitrogens with zero attached hydrogens (tertiary/aromatic N) is 1. The maximum atomic E-state index is 12.4. The molecule has 2 heterocycles. The van der Waals surface area contributed by atoms with Gasteiger partial charge in [0.2, 0.25) is 0 Å². The molecule has 0 saturated carbocycles. The summed E-state index contributed by atoms with van der Waals surface area (Å²) in [6.45, 7) is 3.50. The van der Waals surface area contributed by atoms with Crippen molar-refractivity contribution in [1.29, 1.82) is 0 Å². The highest BCUT2D eigenvalue weighted by Gasteiger charge is 2.32. The van der Waals surface area contributed by atoms with E-state index in [1.54, 1.807) is 0 Å². The molecule has 5 heteroatoms. The number of amides is 1. The van der Waals surface area contributed by atoms with Crippen LogP contribution < -0.4 is 10.1 Å². The molecule has 2 aliphatic heterocycles. The number of rotatable bonds is 1. The van der Waals surface area contributed by atoms with E-state index in [2.05, 4.69) is 5.32 Å². The molecule has 2 aliphatic rings. The van der Waals surface area contributed by atoms with Gasteiger partial charge in [0.1, 0.15) is 5.75 Å². The quantitative estimate of drug-likeness (QED) is 0.842. The number of fused-ring (bicyclic) bond motifs is 1. The third-order valence-electron chi connectivity index (χ3n) is 3.57. The number of halogens is 1. The van der Waals surface area contributed by atoms with Gasteiger partial charge >= 0.3 is 0 Å². The Kier molecular flexibility index (Phi) is 4.66. The molecule has 0 bridgehead atoms. The summed E-state index contributed by atoms with van der Waals surface area (Å²) < 4.78 is 5.75. The minimum Gasteiger partial charge on any atom is -0.480 e. The van der Waals surface area contributed by atoms with Crippen molar-refractivity contribution >= 4 is 18.3 Å². The maximum Gasteiger partial charge on any atom is 0.264 e. The second-order valence-electron chi connectivity index (χ2n) is 4.85. The van der Waals surface area contributed by atoms with Crippen LogP contribution in [-0.2, 0) is 11.2 Å². The first kappa shape index (κ1) is 14.2. The van der Waals surface area contributed by atoms with Crippen molar-refractivity contribution in [3.8, 4) is 5.75 Å². The van der Waals surface area contributed by atoms with Crippen LogP contribution in [0.15, 0.2) is 24.3 Å². The van der Waals surface area contributed by atoms with Crippen molar-refractivity contribution in [2.75, 3.05) is 26.2 Å². The molecule has 0 aliphatic carbocycles. The van der Waals surface area contributed by atoms with Gasteiger partial charge in [0, 0.05) is 26.1 Å². The topological polar surface area (TPSA) is 41.6 Å². The molecule has 1 atom stereocenters. The summed E-state index contributed by atoms with van der Waals surface area (Å²) in [5, 5.41) is 3.31. The number of carbonyl (C=O) groups excluding carboxylic acids is 1. The molecule has 4 nitrogen and oxygen atoms in total. The van der Waals surface area contributed by atoms with E-state index in [0.29, 0.717) is 6.42 Å². The Morgan fingerprint density at radius 3 is 2.95 bits per heavy atom. The second kappa shape index (κ2) is 6.26. The minimum atomic E-state index is -0.319. The minimum absolute atomic E-state index is 0. The van der Waals surface area contributed by atoms with Crippen LogP contribution in [0.3, 0.4) is 0 Å². The zero-order chi connectivity index (χ0) is 12.4. The molecule has 1 aromatic carbocycles. The van der Waals surface area contributed by atoms with Crippen LogP contribution in [0.2, 0.25) is 0 Å². The van der Waals surface area contributed by atoms with E-state index in [9.17, 15) is 4.79 Å². The van der Waals surface area contributed by atoms with E-state index in [-0.39, 0.29) is 24.4 Å². The molecule has 3 rings (SSSR count). The van der Waals surface area contributed by atoms with E-state index >= 15 is 0 Å². The van der Waals surface area contributed by atoms with Crippen molar-refractivity contribution in [3.63, 3.8) is 0 Å². The maximum absolute atomic E-state index is 12.4. The number of hydrogen-bond acceptors (Lipinski definition) is 3. The number of ether oxygens (including phenoxy) is 1. The monoisotopic (exact) mass is 282 g/mol. The fourth-order valence-electron chi connectivity index (χ4n) is 2.59. The average Bonchev–Trinajstić information content (AvgIpc) is 2.64. The molecule has 1 saturated heterocycles. The molecular formula is C14H19ClN2O2. The highest BCUT2D eigenvalue weighted by molar-refractivity contribution is 5.85. The predicted octanol–water partition coefficient (Wildman–Crippen LogP) is 1.23. The average molecular weight is 283 g/mol. The summed E-state index contributed by atoms with van der Waals surface area (Å²) >= 11 is 0. The smallest absolute Gasteiger partial charge is 0.264 e. The van der Waals surface area contributed by atoms with Gasteiger partial charge in [-0.1, -0.05) is 18.2 Å². The number of benzene rings is 1. The summed E-state index contributed by atoms with van der Waals surface area (Å²) in [5.41, 5.74) is 1.14. The van der Waals surface area contributed by atoms with Gasteiger partial charge in [0.05, 0.1) is 0 Å². The van der Waals surface area contributed by atoms with Gasteiger partial charge in [-0.05, 0) is 24.6 Å². The van der Waals surface area contributed by atoms with Crippen molar-refractivity contribution in [3.05, 3.63) is 29.8 Å². The Labute approximate surface area is 119 Å². The molecule has 1 aromatic rings. The van der Waals surface area contributed by atoms with Crippen LogP contribution in [-0.4, -0.2) is 43.1 Å². The van der Waals surface area contributed by atoms with E-state index in [4.69, 9.17) is 4.74 Å². The first-order valence-electron chi connectivity index (χ1n) is 6.58. The highest BCUT2D eigenvalue weighted by Crippen LogP contribution is 2.28. The van der Waals surface area contributed by atoms with Crippen LogP contribution in [0.25, 0.3) is 0 Å². The Hall–Kier alpha value is -1.26. The van der Waals surface area contributed by atoms with Crippen molar-refractivity contribution in [2.24, 2.45) is 0 Å². The lowest BCUT2D eigenvalue weighted by Gasteiger charge is -2.23. The largest absolute Gasteiger partial charge is 0.480 e. The molecule has 1 amide bonds. The second-order valence-corrected chi connectivity index (χ2v) is 4.85. The number of hydrogen-bond donors (Lipinski definition) is 1. The third kappa shape index (κ3) is 3.01. The van der Waals surface area contributed by atoms with E-state index in [1.165, 1.54) is 0 Å². The predicted molar refractivity (Wildman–Crippen MR) is 75.9 cm³/mol. The van der Waals surface area contributed by atoms with Crippen molar-refractivity contribution in [1.82, 2.24) is 10.2 Å². The third-order valence-corrected chi connectivity index (χ3v) is 3.57. The fourth-order valence-corrected chi connectivity index (χ4v) is 2.59. The highest BCUT2D eigenvalue weighted by atomic mass is 35.5. The van der Waals surface area contributed by atoms with Gasteiger partial charge in [-0.2, -0.15) is 0 Å². The molecular weight excluding hydrogens is 264 g/mol. The SMILES string of the molecule is Cl.O=C(C1Cc2ccccc2O1)N1CCCNCC1. The Morgan fingerprint density at radius 1 is 1.26 bits per heavy atom. The van der Waals surface area contributed by atoms with E-state index in [1.807, 2.05) is 29.2 Å². The molecule has 19 heavy (non-hydrogen) atoms. The van der Waals surface area contributed by atoms with Gasteiger partial charge in [-0.15, -0.1) is 12.4 Å². The van der Waals surface area contributed by atoms with Gasteiger partial charge in [0.15, 0.2) is 6.10 Å². The van der Waals surface area contributed by atoms with Crippen LogP contribution in [0, 0.1) is 0 Å². The molecule has 0 aromatic heterocycles. The first-order chi connectivity index (χ1) is 8.84. The standard InChI is InChI=1S/C14H18N2O2.ClH/c17-14(16-8-3-6-15-7-9-16)13-10-11-4-1-2-5-12(11)18-13;/h1-2,4-5,13,15H,3,6-10H2;1H.